The summed E-state index contributed by atoms with van der Waals surface area (Å²) in [5, 5.41) is 5.88. The van der Waals surface area contributed by atoms with Crippen molar-refractivity contribution in [1.82, 2.24) is 10.6 Å². The Morgan fingerprint density at radius 2 is 1.46 bits per heavy atom. The van der Waals surface area contributed by atoms with Gasteiger partial charge in [-0.1, -0.05) is 39.2 Å². The summed E-state index contributed by atoms with van der Waals surface area (Å²) >= 11 is 0. The van der Waals surface area contributed by atoms with Gasteiger partial charge in [0.1, 0.15) is 19.0 Å². The predicted octanol–water partition coefficient (Wildman–Crippen LogP) is 5.52. The van der Waals surface area contributed by atoms with Crippen molar-refractivity contribution in [3.05, 3.63) is 42.5 Å². The number of carbonyl (C=O) groups excluding carboxylic acids is 5. The molecule has 2 amide bonds. The number of ketones is 1. The molecule has 12 heteroatoms. The molecule has 0 radical (unpaired) electrons. The summed E-state index contributed by atoms with van der Waals surface area (Å²) in [7, 11) is 0. The molecular formula is C44H52N2O10. The number of hydrogen-bond donors (Lipinski definition) is 2. The molecule has 2 aliphatic carbocycles. The summed E-state index contributed by atoms with van der Waals surface area (Å²) in [5.41, 5.74) is 0.154. The lowest BCUT2D eigenvalue weighted by atomic mass is 9.62. The monoisotopic (exact) mass is 768 g/mol. The lowest BCUT2D eigenvalue weighted by Gasteiger charge is -2.46. The van der Waals surface area contributed by atoms with Gasteiger partial charge in [0.05, 0.1) is 13.2 Å². The largest absolute Gasteiger partial charge is 0.490 e. The van der Waals surface area contributed by atoms with E-state index in [0.29, 0.717) is 49.8 Å². The van der Waals surface area contributed by atoms with Crippen molar-refractivity contribution in [3.8, 4) is 53.1 Å². The second kappa shape index (κ2) is 22.5. The maximum Gasteiger partial charge on any atom is 0.407 e. The first-order valence-electron chi connectivity index (χ1n) is 18.7. The number of rotatable bonds is 15. The zero-order valence-corrected chi connectivity index (χ0v) is 33.0. The molecule has 298 valence electrons. The Balaban J connectivity index is 1.51. The van der Waals surface area contributed by atoms with Crippen LogP contribution in [0, 0.1) is 70.0 Å². The van der Waals surface area contributed by atoms with Crippen molar-refractivity contribution in [2.45, 2.75) is 91.7 Å². The molecule has 0 aliphatic heterocycles. The van der Waals surface area contributed by atoms with Crippen LogP contribution in [0.2, 0.25) is 0 Å². The van der Waals surface area contributed by atoms with E-state index in [0.717, 1.165) is 45.1 Å². The highest BCUT2D eigenvalue weighted by Gasteiger charge is 2.42. The number of hydrogen-bond acceptors (Lipinski definition) is 10. The topological polar surface area (TPSA) is 156 Å². The standard InChI is InChI=1S/C44H52N2O10/c1-7-9-10-11-12-13-14-15-33-20-22-37(23-21-33)52-28-38(29-54-40(49)32(3)47)56-42(51)46-36-24-43(4,5)30-44(6,25-36)31-45-41(50)55-27-35-18-16-34(17-19-35)26-53-39(48)8-2/h8,20-23,34-36,38H,2,16-19,24-31H2,1,3-6H3,(H,45,50)(H,46,51). The van der Waals surface area contributed by atoms with Crippen molar-refractivity contribution >= 4 is 29.9 Å². The molecule has 3 rings (SSSR count). The Bertz CT molecular complexity index is 1810. The highest BCUT2D eigenvalue weighted by atomic mass is 16.6. The van der Waals surface area contributed by atoms with E-state index in [-0.39, 0.29) is 29.4 Å². The van der Waals surface area contributed by atoms with Crippen LogP contribution in [0.4, 0.5) is 9.59 Å². The molecule has 2 N–H and O–H groups in total. The Labute approximate surface area is 330 Å². The van der Waals surface area contributed by atoms with Crippen molar-refractivity contribution in [3.63, 3.8) is 0 Å². The Kier molecular flexibility index (Phi) is 17.9. The molecule has 1 aromatic rings. The summed E-state index contributed by atoms with van der Waals surface area (Å²) in [6.45, 7) is 13.0. The summed E-state index contributed by atoms with van der Waals surface area (Å²) in [5.74, 6) is 20.0. The van der Waals surface area contributed by atoms with Crippen LogP contribution >= 0.6 is 0 Å². The number of carbonyl (C=O) groups is 5. The first kappa shape index (κ1) is 44.5. The van der Waals surface area contributed by atoms with Crippen LogP contribution in [0.3, 0.4) is 0 Å². The van der Waals surface area contributed by atoms with E-state index in [9.17, 15) is 24.0 Å². The minimum atomic E-state index is -1.05. The smallest absolute Gasteiger partial charge is 0.407 e. The van der Waals surface area contributed by atoms with Crippen LogP contribution in [0.5, 0.6) is 5.75 Å². The molecule has 2 saturated carbocycles. The van der Waals surface area contributed by atoms with Gasteiger partial charge in [0.25, 0.3) is 0 Å². The van der Waals surface area contributed by atoms with Crippen LogP contribution < -0.4 is 15.4 Å². The summed E-state index contributed by atoms with van der Waals surface area (Å²) in [6.07, 6.45) is 4.51. The molecule has 2 aliphatic rings. The zero-order chi connectivity index (χ0) is 41.0. The summed E-state index contributed by atoms with van der Waals surface area (Å²) < 4.78 is 27.3. The van der Waals surface area contributed by atoms with Crippen LogP contribution in [0.25, 0.3) is 0 Å². The Morgan fingerprint density at radius 3 is 2.09 bits per heavy atom. The molecule has 12 nitrogen and oxygen atoms in total. The fourth-order valence-electron chi connectivity index (χ4n) is 7.08. The minimum absolute atomic E-state index is 0.166. The average molecular weight is 769 g/mol. The van der Waals surface area contributed by atoms with Gasteiger partial charge < -0.3 is 34.3 Å². The summed E-state index contributed by atoms with van der Waals surface area (Å²) in [4.78, 5) is 60.7. The zero-order valence-electron chi connectivity index (χ0n) is 33.0. The van der Waals surface area contributed by atoms with Gasteiger partial charge in [0, 0.05) is 31.1 Å². The quantitative estimate of drug-likeness (QED) is 0.0767. The van der Waals surface area contributed by atoms with Crippen LogP contribution in [0.1, 0.15) is 85.1 Å². The van der Waals surface area contributed by atoms with Crippen LogP contribution in [-0.2, 0) is 33.3 Å². The number of esters is 2. The molecular weight excluding hydrogens is 716 g/mol. The number of alkyl carbamates (subject to hydrolysis) is 2. The molecule has 2 fully saturated rings. The van der Waals surface area contributed by atoms with Crippen molar-refractivity contribution in [1.29, 1.82) is 0 Å². The molecule has 0 aromatic heterocycles. The Hall–Kier alpha value is -5.85. The van der Waals surface area contributed by atoms with Gasteiger partial charge in [-0.3, -0.25) is 4.79 Å². The van der Waals surface area contributed by atoms with Crippen molar-refractivity contribution in [2.75, 3.05) is 33.0 Å². The number of Topliss-reactive ketones (excluding diaryl/α,β-unsaturated/α-hetero) is 1. The predicted molar refractivity (Wildman–Crippen MR) is 208 cm³/mol. The number of benzene rings is 1. The van der Waals surface area contributed by atoms with Gasteiger partial charge in [-0.05, 0) is 134 Å². The maximum absolute atomic E-state index is 13.2. The highest BCUT2D eigenvalue weighted by molar-refractivity contribution is 6.32. The van der Waals surface area contributed by atoms with Gasteiger partial charge in [0.15, 0.2) is 6.10 Å². The Morgan fingerprint density at radius 1 is 0.839 bits per heavy atom. The average Bonchev–Trinajstić information content (AvgIpc) is 3.15. The second-order valence-electron chi connectivity index (χ2n) is 15.2. The SMILES string of the molecule is C=CC(=O)OCC1CCC(COC(=O)NCC2(C)CC(NC(=O)OC(COC(=O)C(C)=O)COc3ccc(C#CC#CC#CC#CC)cc3)CC(C)(C)C2)CC1. The lowest BCUT2D eigenvalue weighted by Crippen LogP contribution is -2.51. The number of ether oxygens (including phenoxy) is 5. The molecule has 0 saturated heterocycles. The summed E-state index contributed by atoms with van der Waals surface area (Å²) in [6, 6.07) is 6.54. The van der Waals surface area contributed by atoms with E-state index >= 15 is 0 Å². The number of amides is 2. The van der Waals surface area contributed by atoms with Crippen molar-refractivity contribution < 1.29 is 47.7 Å². The fourth-order valence-corrected chi connectivity index (χ4v) is 7.08. The third-order valence-electron chi connectivity index (χ3n) is 9.37. The molecule has 0 bridgehead atoms. The van der Waals surface area contributed by atoms with E-state index < -0.39 is 42.6 Å². The van der Waals surface area contributed by atoms with Gasteiger partial charge in [0.2, 0.25) is 5.78 Å². The van der Waals surface area contributed by atoms with E-state index in [2.05, 4.69) is 85.3 Å². The molecule has 1 aromatic carbocycles. The van der Waals surface area contributed by atoms with E-state index in [1.54, 1.807) is 31.2 Å². The molecule has 56 heavy (non-hydrogen) atoms. The van der Waals surface area contributed by atoms with Gasteiger partial charge in [-0.15, -0.1) is 0 Å². The fraction of sp³-hybridized carbons (Fsp3) is 0.523. The van der Waals surface area contributed by atoms with Crippen LogP contribution in [-0.4, -0.2) is 75.0 Å². The lowest BCUT2D eigenvalue weighted by molar-refractivity contribution is -0.155. The third-order valence-corrected chi connectivity index (χ3v) is 9.37. The second-order valence-corrected chi connectivity index (χ2v) is 15.2. The van der Waals surface area contributed by atoms with Crippen molar-refractivity contribution in [2.24, 2.45) is 22.7 Å². The van der Waals surface area contributed by atoms with Gasteiger partial charge >= 0.3 is 24.1 Å². The molecule has 3 atom stereocenters. The molecule has 0 spiro atoms. The third kappa shape index (κ3) is 17.1. The number of nitrogens with one attached hydrogen (secondary N) is 2. The van der Waals surface area contributed by atoms with E-state index in [1.165, 1.54) is 0 Å². The first-order chi connectivity index (χ1) is 26.7. The minimum Gasteiger partial charge on any atom is -0.490 e. The highest BCUT2D eigenvalue weighted by Crippen LogP contribution is 2.45. The molecule has 0 heterocycles. The van der Waals surface area contributed by atoms with Gasteiger partial charge in [-0.2, -0.15) is 0 Å². The first-order valence-corrected chi connectivity index (χ1v) is 18.7. The van der Waals surface area contributed by atoms with E-state index in [4.69, 9.17) is 23.7 Å². The van der Waals surface area contributed by atoms with E-state index in [1.807, 2.05) is 0 Å². The molecule has 3 unspecified atom stereocenters. The normalized spacial score (nSPS) is 21.0. The van der Waals surface area contributed by atoms with Gasteiger partial charge in [-0.25, -0.2) is 19.2 Å². The van der Waals surface area contributed by atoms with Crippen LogP contribution in [0.15, 0.2) is 36.9 Å². The maximum atomic E-state index is 13.2.